The number of rotatable bonds is 9. The van der Waals surface area contributed by atoms with Crippen molar-refractivity contribution in [2.24, 2.45) is 0 Å². The maximum Gasteiger partial charge on any atom is 0.156 e. The number of aryl methyl sites for hydroxylation is 1. The van der Waals surface area contributed by atoms with Gasteiger partial charge in [-0.1, -0.05) is 11.6 Å². The Morgan fingerprint density at radius 3 is 2.50 bits per heavy atom. The first-order valence-electron chi connectivity index (χ1n) is 6.36. The molecule has 6 nitrogen and oxygen atoms in total. The molecule has 0 aliphatic carbocycles. The fourth-order valence-corrected chi connectivity index (χ4v) is 2.05. The van der Waals surface area contributed by atoms with Crippen LogP contribution in [-0.2, 0) is 9.47 Å². The summed E-state index contributed by atoms with van der Waals surface area (Å²) in [4.78, 5) is 21.5. The molecule has 0 aliphatic rings. The van der Waals surface area contributed by atoms with Crippen LogP contribution in [0.3, 0.4) is 0 Å². The summed E-state index contributed by atoms with van der Waals surface area (Å²) in [7, 11) is 3.29. The van der Waals surface area contributed by atoms with Crippen LogP contribution in [0.4, 0.5) is 5.82 Å². The number of hydrogen-bond acceptors (Lipinski definition) is 6. The first-order valence-corrected chi connectivity index (χ1v) is 6.74. The van der Waals surface area contributed by atoms with Crippen LogP contribution in [0.25, 0.3) is 0 Å². The number of halogens is 1. The van der Waals surface area contributed by atoms with E-state index in [1.807, 2.05) is 4.90 Å². The third kappa shape index (κ3) is 4.70. The molecule has 0 atom stereocenters. The predicted octanol–water partition coefficient (Wildman–Crippen LogP) is 1.74. The van der Waals surface area contributed by atoms with Gasteiger partial charge >= 0.3 is 0 Å². The number of nitrogens with zero attached hydrogens (tertiary/aromatic N) is 3. The zero-order valence-electron chi connectivity index (χ0n) is 12.1. The van der Waals surface area contributed by atoms with Crippen LogP contribution in [0.15, 0.2) is 0 Å². The van der Waals surface area contributed by atoms with Crippen LogP contribution in [-0.4, -0.2) is 56.8 Å². The second kappa shape index (κ2) is 8.84. The maximum atomic E-state index is 11.2. The molecule has 0 N–H and O–H groups in total. The molecule has 1 aromatic heterocycles. The van der Waals surface area contributed by atoms with Crippen molar-refractivity contribution in [3.8, 4) is 0 Å². The van der Waals surface area contributed by atoms with Gasteiger partial charge in [0.25, 0.3) is 0 Å². The van der Waals surface area contributed by atoms with Gasteiger partial charge in [0.2, 0.25) is 0 Å². The molecule has 0 aromatic carbocycles. The van der Waals surface area contributed by atoms with Crippen LogP contribution < -0.4 is 4.90 Å². The number of anilines is 1. The van der Waals surface area contributed by atoms with Gasteiger partial charge in [-0.2, -0.15) is 0 Å². The lowest BCUT2D eigenvalue weighted by molar-refractivity contribution is 0.112. The molecule has 0 unspecified atom stereocenters. The Labute approximate surface area is 124 Å². The molecular formula is C13H20ClN3O3. The first-order chi connectivity index (χ1) is 9.63. The second-order valence-electron chi connectivity index (χ2n) is 4.24. The number of aromatic nitrogens is 2. The molecule has 1 heterocycles. The first kappa shape index (κ1) is 16.8. The Hall–Kier alpha value is -1.24. The van der Waals surface area contributed by atoms with Gasteiger partial charge in [-0.25, -0.2) is 9.97 Å². The fourth-order valence-electron chi connectivity index (χ4n) is 1.80. The summed E-state index contributed by atoms with van der Waals surface area (Å²) in [6.45, 7) is 4.23. The second-order valence-corrected chi connectivity index (χ2v) is 4.60. The Morgan fingerprint density at radius 1 is 1.20 bits per heavy atom. The molecule has 0 radical (unpaired) electrons. The largest absolute Gasteiger partial charge is 0.385 e. The minimum atomic E-state index is 0.177. The van der Waals surface area contributed by atoms with E-state index in [1.165, 1.54) is 0 Å². The van der Waals surface area contributed by atoms with Gasteiger partial charge in [0, 0.05) is 33.9 Å². The summed E-state index contributed by atoms with van der Waals surface area (Å²) in [5, 5.41) is 0.177. The lowest BCUT2D eigenvalue weighted by Gasteiger charge is -2.25. The highest BCUT2D eigenvalue weighted by Gasteiger charge is 2.17. The highest BCUT2D eigenvalue weighted by atomic mass is 35.5. The number of ether oxygens (including phenoxy) is 2. The minimum Gasteiger partial charge on any atom is -0.385 e. The SMILES string of the molecule is COCCCN(CCOC)c1nc(C)nc(Cl)c1C=O. The molecule has 1 aromatic rings. The quantitative estimate of drug-likeness (QED) is 0.393. The lowest BCUT2D eigenvalue weighted by atomic mass is 10.2. The molecule has 0 saturated carbocycles. The van der Waals surface area contributed by atoms with Gasteiger partial charge in [-0.15, -0.1) is 0 Å². The van der Waals surface area contributed by atoms with E-state index in [9.17, 15) is 4.79 Å². The summed E-state index contributed by atoms with van der Waals surface area (Å²) in [5.41, 5.74) is 0.311. The molecule has 20 heavy (non-hydrogen) atoms. The minimum absolute atomic E-state index is 0.177. The number of carbonyl (C=O) groups is 1. The zero-order valence-corrected chi connectivity index (χ0v) is 12.8. The molecule has 112 valence electrons. The topological polar surface area (TPSA) is 64.6 Å². The molecular weight excluding hydrogens is 282 g/mol. The Bertz CT molecular complexity index is 443. The number of aldehydes is 1. The van der Waals surface area contributed by atoms with E-state index in [2.05, 4.69) is 9.97 Å². The molecule has 0 bridgehead atoms. The summed E-state index contributed by atoms with van der Waals surface area (Å²) in [6.07, 6.45) is 1.51. The normalized spacial score (nSPS) is 10.6. The summed E-state index contributed by atoms with van der Waals surface area (Å²) >= 11 is 6.01. The van der Waals surface area contributed by atoms with E-state index in [0.717, 1.165) is 6.42 Å². The lowest BCUT2D eigenvalue weighted by Crippen LogP contribution is -2.31. The average Bonchev–Trinajstić information content (AvgIpc) is 2.42. The molecule has 0 spiro atoms. The zero-order chi connectivity index (χ0) is 15.0. The molecule has 0 aliphatic heterocycles. The molecule has 0 saturated heterocycles. The monoisotopic (exact) mass is 301 g/mol. The smallest absolute Gasteiger partial charge is 0.156 e. The van der Waals surface area contributed by atoms with Gasteiger partial charge in [-0.3, -0.25) is 4.79 Å². The number of carbonyl (C=O) groups excluding carboxylic acids is 1. The van der Waals surface area contributed by atoms with Crippen molar-refractivity contribution in [3.63, 3.8) is 0 Å². The van der Waals surface area contributed by atoms with Crippen LogP contribution in [0.2, 0.25) is 5.15 Å². The van der Waals surface area contributed by atoms with Crippen molar-refractivity contribution in [2.75, 3.05) is 45.4 Å². The highest BCUT2D eigenvalue weighted by molar-refractivity contribution is 6.32. The summed E-state index contributed by atoms with van der Waals surface area (Å²) < 4.78 is 10.1. The van der Waals surface area contributed by atoms with E-state index >= 15 is 0 Å². The molecule has 0 fully saturated rings. The predicted molar refractivity (Wildman–Crippen MR) is 77.7 cm³/mol. The van der Waals surface area contributed by atoms with E-state index in [0.29, 0.717) is 49.8 Å². The average molecular weight is 302 g/mol. The Morgan fingerprint density at radius 2 is 1.90 bits per heavy atom. The van der Waals surface area contributed by atoms with E-state index < -0.39 is 0 Å². The Kier molecular flexibility index (Phi) is 7.43. The molecule has 0 amide bonds. The number of methoxy groups -OCH3 is 2. The maximum absolute atomic E-state index is 11.2. The van der Waals surface area contributed by atoms with Gasteiger partial charge in [0.15, 0.2) is 6.29 Å². The fraction of sp³-hybridized carbons (Fsp3) is 0.615. The molecule has 7 heteroatoms. The van der Waals surface area contributed by atoms with Crippen LogP contribution in [0.5, 0.6) is 0 Å². The third-order valence-corrected chi connectivity index (χ3v) is 3.04. The third-order valence-electron chi connectivity index (χ3n) is 2.75. The van der Waals surface area contributed by atoms with Crippen LogP contribution in [0, 0.1) is 6.92 Å². The van der Waals surface area contributed by atoms with Crippen molar-refractivity contribution in [1.82, 2.24) is 9.97 Å². The molecule has 1 rings (SSSR count). The van der Waals surface area contributed by atoms with Crippen LogP contribution >= 0.6 is 11.6 Å². The van der Waals surface area contributed by atoms with Crippen molar-refractivity contribution in [1.29, 1.82) is 0 Å². The summed E-state index contributed by atoms with van der Waals surface area (Å²) in [6, 6.07) is 0. The number of hydrogen-bond donors (Lipinski definition) is 0. The van der Waals surface area contributed by atoms with Gasteiger partial charge < -0.3 is 14.4 Å². The van der Waals surface area contributed by atoms with Crippen molar-refractivity contribution < 1.29 is 14.3 Å². The van der Waals surface area contributed by atoms with E-state index in [4.69, 9.17) is 21.1 Å². The highest BCUT2D eigenvalue weighted by Crippen LogP contribution is 2.22. The van der Waals surface area contributed by atoms with Gasteiger partial charge in [-0.05, 0) is 13.3 Å². The van der Waals surface area contributed by atoms with E-state index in [-0.39, 0.29) is 5.15 Å². The van der Waals surface area contributed by atoms with Crippen molar-refractivity contribution >= 4 is 23.7 Å². The standard InChI is InChI=1S/C13H20ClN3O3/c1-10-15-12(14)11(9-18)13(16-10)17(6-8-20-3)5-4-7-19-2/h9H,4-8H2,1-3H3. The van der Waals surface area contributed by atoms with Crippen molar-refractivity contribution in [2.45, 2.75) is 13.3 Å². The Balaban J connectivity index is 3.01. The van der Waals surface area contributed by atoms with Gasteiger partial charge in [0.1, 0.15) is 16.8 Å². The van der Waals surface area contributed by atoms with Gasteiger partial charge in [0.05, 0.1) is 12.2 Å². The van der Waals surface area contributed by atoms with E-state index in [1.54, 1.807) is 21.1 Å². The summed E-state index contributed by atoms with van der Waals surface area (Å²) in [5.74, 6) is 1.08. The van der Waals surface area contributed by atoms with Crippen LogP contribution in [0.1, 0.15) is 22.6 Å². The van der Waals surface area contributed by atoms with Crippen molar-refractivity contribution in [3.05, 3.63) is 16.5 Å².